The fourth-order valence-corrected chi connectivity index (χ4v) is 6.54. The second-order valence-corrected chi connectivity index (χ2v) is 10.4. The molecule has 0 saturated carbocycles. The molecule has 1 fully saturated rings. The van der Waals surface area contributed by atoms with Crippen LogP contribution in [-0.2, 0) is 27.6 Å². The van der Waals surface area contributed by atoms with Crippen LogP contribution in [0.5, 0.6) is 5.75 Å². The Balaban J connectivity index is 1.87. The van der Waals surface area contributed by atoms with E-state index in [4.69, 9.17) is 27.9 Å². The van der Waals surface area contributed by atoms with Crippen LogP contribution >= 0.6 is 23.2 Å². The Kier molecular flexibility index (Phi) is 5.02. The van der Waals surface area contributed by atoms with Gasteiger partial charge in [-0.15, -0.1) is 0 Å². The number of nitrogens with zero attached hydrogens (tertiary/aromatic N) is 1. The molecule has 2 aliphatic rings. The lowest BCUT2D eigenvalue weighted by molar-refractivity contribution is -0.0941. The number of anilines is 1. The third-order valence-corrected chi connectivity index (χ3v) is 8.07. The number of ether oxygens (including phenoxy) is 1. The van der Waals surface area contributed by atoms with E-state index in [2.05, 4.69) is 0 Å². The number of rotatable bonds is 5. The first kappa shape index (κ1) is 19.8. The molecule has 28 heavy (non-hydrogen) atoms. The van der Waals surface area contributed by atoms with Gasteiger partial charge >= 0.3 is 0 Å². The number of phenols is 1. The fourth-order valence-electron chi connectivity index (χ4n) is 3.83. The highest BCUT2D eigenvalue weighted by Gasteiger charge is 2.41. The summed E-state index contributed by atoms with van der Waals surface area (Å²) in [5.41, 5.74) is 2.03. The van der Waals surface area contributed by atoms with Crippen molar-refractivity contribution < 1.29 is 18.3 Å². The molecule has 0 bridgehead atoms. The van der Waals surface area contributed by atoms with Gasteiger partial charge in [-0.25, -0.2) is 8.42 Å². The highest BCUT2D eigenvalue weighted by Crippen LogP contribution is 2.42. The molecule has 5 nitrogen and oxygen atoms in total. The zero-order chi connectivity index (χ0) is 20.1. The summed E-state index contributed by atoms with van der Waals surface area (Å²) in [6.07, 6.45) is 2.74. The Bertz CT molecular complexity index is 1010. The first-order valence-corrected chi connectivity index (χ1v) is 11.3. The summed E-state index contributed by atoms with van der Waals surface area (Å²) in [6, 6.07) is 8.04. The monoisotopic (exact) mass is 441 g/mol. The molecule has 1 aliphatic carbocycles. The summed E-state index contributed by atoms with van der Waals surface area (Å²) in [7, 11) is -4.11. The minimum absolute atomic E-state index is 0.0492. The maximum atomic E-state index is 13.6. The van der Waals surface area contributed by atoms with Crippen LogP contribution in [0.3, 0.4) is 0 Å². The van der Waals surface area contributed by atoms with Crippen molar-refractivity contribution in [1.82, 2.24) is 0 Å². The van der Waals surface area contributed by atoms with Gasteiger partial charge in [-0.05, 0) is 54.7 Å². The summed E-state index contributed by atoms with van der Waals surface area (Å²) >= 11 is 12.4. The van der Waals surface area contributed by atoms with Gasteiger partial charge in [0.1, 0.15) is 10.6 Å². The van der Waals surface area contributed by atoms with E-state index in [9.17, 15) is 13.5 Å². The Hall–Kier alpha value is -1.47. The van der Waals surface area contributed by atoms with Crippen LogP contribution in [0.15, 0.2) is 35.2 Å². The van der Waals surface area contributed by atoms with E-state index < -0.39 is 10.0 Å². The van der Waals surface area contributed by atoms with Crippen LogP contribution in [0.4, 0.5) is 5.69 Å². The van der Waals surface area contributed by atoms with E-state index in [1.165, 1.54) is 16.4 Å². The van der Waals surface area contributed by atoms with E-state index in [0.29, 0.717) is 13.2 Å². The highest BCUT2D eigenvalue weighted by atomic mass is 35.5. The maximum Gasteiger partial charge on any atom is 0.267 e. The number of aryl methyl sites for hydroxylation is 2. The molecule has 0 spiro atoms. The Morgan fingerprint density at radius 1 is 1.14 bits per heavy atom. The van der Waals surface area contributed by atoms with E-state index in [-0.39, 0.29) is 38.3 Å². The van der Waals surface area contributed by atoms with Crippen molar-refractivity contribution in [2.75, 3.05) is 24.1 Å². The van der Waals surface area contributed by atoms with Gasteiger partial charge in [-0.3, -0.25) is 4.31 Å². The molecular weight excluding hydrogens is 421 g/mol. The number of benzene rings is 2. The molecule has 0 amide bonds. The molecule has 0 aromatic heterocycles. The van der Waals surface area contributed by atoms with Crippen molar-refractivity contribution in [2.45, 2.75) is 31.1 Å². The predicted molar refractivity (Wildman–Crippen MR) is 110 cm³/mol. The van der Waals surface area contributed by atoms with Gasteiger partial charge in [-0.2, -0.15) is 0 Å². The van der Waals surface area contributed by atoms with Crippen molar-refractivity contribution in [1.29, 1.82) is 0 Å². The molecule has 0 unspecified atom stereocenters. The fraction of sp³-hybridized carbons (Fsp3) is 0.400. The minimum Gasteiger partial charge on any atom is -0.506 e. The molecule has 2 aromatic rings. The second-order valence-electron chi connectivity index (χ2n) is 7.83. The second kappa shape index (κ2) is 7.10. The zero-order valence-electron chi connectivity index (χ0n) is 15.4. The molecule has 1 N–H and O–H groups in total. The van der Waals surface area contributed by atoms with E-state index in [1.54, 1.807) is 18.2 Å². The molecule has 1 aliphatic heterocycles. The third-order valence-electron chi connectivity index (χ3n) is 5.35. The lowest BCUT2D eigenvalue weighted by Gasteiger charge is -2.42. The largest absolute Gasteiger partial charge is 0.506 e. The molecule has 1 saturated heterocycles. The number of hydrogen-bond acceptors (Lipinski definition) is 4. The van der Waals surface area contributed by atoms with Gasteiger partial charge in [0.2, 0.25) is 0 Å². The van der Waals surface area contributed by atoms with Gasteiger partial charge in [0, 0.05) is 12.0 Å². The summed E-state index contributed by atoms with van der Waals surface area (Å²) in [5, 5.41) is 10.8. The number of fused-ring (bicyclic) bond motifs is 1. The average Bonchev–Trinajstić information content (AvgIpc) is 3.04. The van der Waals surface area contributed by atoms with Gasteiger partial charge in [0.15, 0.2) is 0 Å². The summed E-state index contributed by atoms with van der Waals surface area (Å²) < 4.78 is 33.8. The smallest absolute Gasteiger partial charge is 0.267 e. The van der Waals surface area contributed by atoms with Crippen molar-refractivity contribution >= 4 is 38.9 Å². The zero-order valence-corrected chi connectivity index (χ0v) is 17.7. The summed E-state index contributed by atoms with van der Waals surface area (Å²) in [5.74, 6) is -0.0590. The Morgan fingerprint density at radius 2 is 1.75 bits per heavy atom. The molecule has 0 atom stereocenters. The molecule has 150 valence electrons. The number of hydrogen-bond donors (Lipinski definition) is 1. The molecule has 8 heteroatoms. The number of sulfonamides is 1. The van der Waals surface area contributed by atoms with Crippen LogP contribution in [0.2, 0.25) is 10.0 Å². The van der Waals surface area contributed by atoms with Crippen molar-refractivity contribution in [3.05, 3.63) is 51.5 Å². The van der Waals surface area contributed by atoms with E-state index in [0.717, 1.165) is 30.4 Å². The lowest BCUT2D eigenvalue weighted by Crippen LogP contribution is -2.50. The topological polar surface area (TPSA) is 66.8 Å². The Morgan fingerprint density at radius 3 is 2.32 bits per heavy atom. The summed E-state index contributed by atoms with van der Waals surface area (Å²) in [4.78, 5) is -0.151. The highest BCUT2D eigenvalue weighted by molar-refractivity contribution is 7.93. The van der Waals surface area contributed by atoms with Crippen molar-refractivity contribution in [3.63, 3.8) is 0 Å². The first-order chi connectivity index (χ1) is 13.2. The molecular formula is C20H21Cl2NO4S. The van der Waals surface area contributed by atoms with Crippen LogP contribution in [0.25, 0.3) is 0 Å². The van der Waals surface area contributed by atoms with E-state index in [1.807, 2.05) is 6.92 Å². The predicted octanol–water partition coefficient (Wildman–Crippen LogP) is 4.42. The normalized spacial score (nSPS) is 17.8. The first-order valence-electron chi connectivity index (χ1n) is 9.11. The summed E-state index contributed by atoms with van der Waals surface area (Å²) in [6.45, 7) is 3.00. The Labute approximate surface area is 174 Å². The van der Waals surface area contributed by atoms with Crippen LogP contribution in [-0.4, -0.2) is 33.3 Å². The number of phenolic OH excluding ortho intramolecular Hbond substituents is 1. The quantitative estimate of drug-likeness (QED) is 0.745. The third kappa shape index (κ3) is 3.36. The van der Waals surface area contributed by atoms with Crippen molar-refractivity contribution in [3.8, 4) is 5.75 Å². The van der Waals surface area contributed by atoms with Crippen LogP contribution in [0, 0.1) is 5.41 Å². The van der Waals surface area contributed by atoms with Crippen molar-refractivity contribution in [2.24, 2.45) is 5.41 Å². The number of aromatic hydroxyl groups is 1. The van der Waals surface area contributed by atoms with Gasteiger partial charge in [0.05, 0.1) is 28.9 Å². The SMILES string of the molecule is CC1(CN(c2cc3c(cc2O)CCC3)S(=O)(=O)c2c(Cl)cccc2Cl)COC1. The van der Waals surface area contributed by atoms with Crippen LogP contribution < -0.4 is 4.31 Å². The van der Waals surface area contributed by atoms with Gasteiger partial charge < -0.3 is 9.84 Å². The van der Waals surface area contributed by atoms with Crippen LogP contribution in [0.1, 0.15) is 24.5 Å². The molecule has 4 rings (SSSR count). The minimum atomic E-state index is -4.11. The average molecular weight is 442 g/mol. The van der Waals surface area contributed by atoms with Gasteiger partial charge in [-0.1, -0.05) is 36.2 Å². The standard InChI is InChI=1S/C20H21Cl2NO4S/c1-20(11-27-12-20)10-23(17-8-13-4-2-5-14(13)9-18(17)24)28(25,26)19-15(21)6-3-7-16(19)22/h3,6-9,24H,2,4-5,10-12H2,1H3. The van der Waals surface area contributed by atoms with E-state index >= 15 is 0 Å². The lowest BCUT2D eigenvalue weighted by atomic mass is 9.88. The molecule has 1 heterocycles. The molecule has 2 aromatic carbocycles. The number of halogens is 2. The maximum absolute atomic E-state index is 13.6. The molecule has 0 radical (unpaired) electrons. The van der Waals surface area contributed by atoms with Gasteiger partial charge in [0.25, 0.3) is 10.0 Å².